The van der Waals surface area contributed by atoms with Gasteiger partial charge in [0.25, 0.3) is 0 Å². The van der Waals surface area contributed by atoms with Crippen LogP contribution in [0.4, 0.5) is 0 Å². The number of hydrogen-bond donors (Lipinski definition) is 3. The van der Waals surface area contributed by atoms with E-state index < -0.39 is 45.2 Å². The number of carbonyl (C=O) groups excluding carboxylic acids is 3. The number of amidine groups is 1. The van der Waals surface area contributed by atoms with Gasteiger partial charge in [-0.25, -0.2) is 4.79 Å². The smallest absolute Gasteiger partial charge is 0.327 e. The van der Waals surface area contributed by atoms with Crippen molar-refractivity contribution in [1.82, 2.24) is 15.5 Å². The Kier molecular flexibility index (Phi) is 5.99. The van der Waals surface area contributed by atoms with Crippen molar-refractivity contribution in [2.45, 2.75) is 47.7 Å². The van der Waals surface area contributed by atoms with E-state index in [0.29, 0.717) is 5.17 Å². The predicted octanol–water partition coefficient (Wildman–Crippen LogP) is 0.630. The van der Waals surface area contributed by atoms with E-state index >= 15 is 0 Å². The number of nitrogens with one attached hydrogen (secondary N) is 2. The van der Waals surface area contributed by atoms with Crippen LogP contribution in [0.25, 0.3) is 0 Å². The molecule has 32 heavy (non-hydrogen) atoms. The number of nitrogens with zero attached hydrogens (tertiary/aromatic N) is 3. The maximum Gasteiger partial charge on any atom is 0.327 e. The summed E-state index contributed by atoms with van der Waals surface area (Å²) in [5, 5.41) is 21.8. The highest BCUT2D eigenvalue weighted by Crippen LogP contribution is 2.50. The summed E-state index contributed by atoms with van der Waals surface area (Å²) in [5.74, 6) is -2.30. The van der Waals surface area contributed by atoms with Crippen molar-refractivity contribution in [3.05, 3.63) is 35.9 Å². The Morgan fingerprint density at radius 2 is 2.00 bits per heavy atom. The van der Waals surface area contributed by atoms with E-state index in [1.54, 1.807) is 20.1 Å². The summed E-state index contributed by atoms with van der Waals surface area (Å²) in [6.45, 7) is 3.53. The maximum atomic E-state index is 12.5. The van der Waals surface area contributed by atoms with Crippen molar-refractivity contribution >= 4 is 58.6 Å². The minimum absolute atomic E-state index is 0.134. The number of carboxylic acid groups (broad SMARTS) is 1. The Morgan fingerprint density at radius 1 is 1.28 bits per heavy atom. The molecule has 168 valence electrons. The molecule has 3 N–H and O–H groups in total. The first-order valence-corrected chi connectivity index (χ1v) is 11.6. The van der Waals surface area contributed by atoms with Crippen LogP contribution in [0.2, 0.25) is 0 Å². The van der Waals surface area contributed by atoms with Crippen molar-refractivity contribution in [3.8, 4) is 0 Å². The van der Waals surface area contributed by atoms with Crippen LogP contribution >= 0.6 is 23.5 Å². The lowest BCUT2D eigenvalue weighted by molar-refractivity contribution is -0.161. The summed E-state index contributed by atoms with van der Waals surface area (Å²) in [7, 11) is 0. The van der Waals surface area contributed by atoms with Gasteiger partial charge in [-0.15, -0.1) is 16.9 Å². The Labute approximate surface area is 192 Å². The van der Waals surface area contributed by atoms with Gasteiger partial charge >= 0.3 is 5.97 Å². The summed E-state index contributed by atoms with van der Waals surface area (Å²) in [5.41, 5.74) is 0.861. The van der Waals surface area contributed by atoms with Crippen LogP contribution in [-0.4, -0.2) is 72.5 Å². The first kappa shape index (κ1) is 22.3. The van der Waals surface area contributed by atoms with Crippen LogP contribution in [0.5, 0.6) is 0 Å². The lowest BCUT2D eigenvalue weighted by atomic mass is 9.96. The molecule has 3 aliphatic heterocycles. The maximum absolute atomic E-state index is 12.5. The fraction of sp³-hybridized carbons (Fsp3) is 0.400. The second-order valence-corrected chi connectivity index (χ2v) is 11.0. The number of amides is 3. The van der Waals surface area contributed by atoms with Crippen LogP contribution in [0.1, 0.15) is 25.8 Å². The molecule has 0 aromatic heterocycles. The van der Waals surface area contributed by atoms with Gasteiger partial charge in [-0.1, -0.05) is 42.1 Å². The lowest BCUT2D eigenvalue weighted by Crippen LogP contribution is -2.70. The largest absolute Gasteiger partial charge is 0.480 e. The quantitative estimate of drug-likeness (QED) is 0.311. The van der Waals surface area contributed by atoms with Gasteiger partial charge < -0.3 is 20.6 Å². The molecule has 10 nitrogen and oxygen atoms in total. The number of carboxylic acids is 1. The lowest BCUT2D eigenvalue weighted by Gasteiger charge is -2.43. The highest BCUT2D eigenvalue weighted by molar-refractivity contribution is 8.15. The molecule has 1 aromatic rings. The van der Waals surface area contributed by atoms with Crippen LogP contribution in [-0.2, 0) is 19.2 Å². The molecule has 3 saturated heterocycles. The Hall–Kier alpha value is -2.86. The van der Waals surface area contributed by atoms with Gasteiger partial charge in [0.05, 0.1) is 6.21 Å². The molecule has 1 aromatic carbocycles. The Bertz CT molecular complexity index is 1030. The zero-order valence-corrected chi connectivity index (χ0v) is 18.9. The molecule has 12 heteroatoms. The number of thioether (sulfide) groups is 2. The molecular weight excluding hydrogens is 454 g/mol. The zero-order chi connectivity index (χ0) is 23.0. The number of β-lactam (4-membered cyclic amide) rings is 1. The molecule has 0 aliphatic carbocycles. The summed E-state index contributed by atoms with van der Waals surface area (Å²) in [6, 6.07) is 7.61. The minimum Gasteiger partial charge on any atom is -0.480 e. The van der Waals surface area contributed by atoms with Crippen molar-refractivity contribution in [3.63, 3.8) is 0 Å². The van der Waals surface area contributed by atoms with Gasteiger partial charge in [0.2, 0.25) is 17.7 Å². The van der Waals surface area contributed by atoms with Crippen molar-refractivity contribution < 1.29 is 24.3 Å². The van der Waals surface area contributed by atoms with Gasteiger partial charge in [0.15, 0.2) is 5.17 Å². The van der Waals surface area contributed by atoms with Crippen molar-refractivity contribution in [2.75, 3.05) is 0 Å². The summed E-state index contributed by atoms with van der Waals surface area (Å²) in [6.07, 6.45) is 1.42. The Morgan fingerprint density at radius 3 is 2.69 bits per heavy atom. The average Bonchev–Trinajstić information content (AvgIpc) is 3.21. The van der Waals surface area contributed by atoms with E-state index in [4.69, 9.17) is 0 Å². The predicted molar refractivity (Wildman–Crippen MR) is 121 cm³/mol. The number of benzene rings is 1. The average molecular weight is 476 g/mol. The van der Waals surface area contributed by atoms with Crippen LogP contribution in [0.15, 0.2) is 40.5 Å². The van der Waals surface area contributed by atoms with E-state index in [9.17, 15) is 24.3 Å². The Balaban J connectivity index is 1.32. The SMILES string of the molecule is CC1(C)SC2C(NC(=O)CC3S/C(=N\N=C\c4ccccc4)NC3=O)C(=O)N2C1C(=O)O. The van der Waals surface area contributed by atoms with Gasteiger partial charge in [-0.3, -0.25) is 14.4 Å². The van der Waals surface area contributed by atoms with E-state index in [1.807, 2.05) is 30.3 Å². The number of hydrogen-bond acceptors (Lipinski definition) is 8. The van der Waals surface area contributed by atoms with E-state index in [2.05, 4.69) is 20.8 Å². The molecule has 0 bridgehead atoms. The number of fused-ring (bicyclic) bond motifs is 1. The molecular formula is C20H21N5O5S2. The van der Waals surface area contributed by atoms with Gasteiger partial charge in [0.1, 0.15) is 22.7 Å². The first-order valence-electron chi connectivity index (χ1n) is 9.83. The fourth-order valence-electron chi connectivity index (χ4n) is 3.82. The standard InChI is InChI=1S/C20H21N5O5S2/c1-20(2)14(18(29)30)25-16(28)13(17(25)32-20)22-12(26)8-11-15(27)23-19(31-11)24-21-9-10-6-4-3-5-7-10/h3-7,9,11,13-14,17H,8H2,1-2H3,(H,22,26)(H,29,30)(H,23,24,27)/b21-9+. The highest BCUT2D eigenvalue weighted by atomic mass is 32.2. The van der Waals surface area contributed by atoms with Crippen LogP contribution in [0.3, 0.4) is 0 Å². The summed E-state index contributed by atoms with van der Waals surface area (Å²) >= 11 is 2.44. The van der Waals surface area contributed by atoms with Crippen molar-refractivity contribution in [2.24, 2.45) is 10.2 Å². The van der Waals surface area contributed by atoms with Crippen LogP contribution < -0.4 is 10.6 Å². The third-order valence-electron chi connectivity index (χ3n) is 5.29. The molecule has 0 radical (unpaired) electrons. The minimum atomic E-state index is -1.07. The molecule has 3 aliphatic rings. The fourth-order valence-corrected chi connectivity index (χ4v) is 6.37. The summed E-state index contributed by atoms with van der Waals surface area (Å²) < 4.78 is -0.668. The summed E-state index contributed by atoms with van der Waals surface area (Å²) in [4.78, 5) is 50.0. The molecule has 3 fully saturated rings. The van der Waals surface area contributed by atoms with Gasteiger partial charge in [-0.05, 0) is 19.4 Å². The molecule has 0 spiro atoms. The van der Waals surface area contributed by atoms with E-state index in [0.717, 1.165) is 17.3 Å². The highest BCUT2D eigenvalue weighted by Gasteiger charge is 2.64. The second kappa shape index (κ2) is 8.58. The third-order valence-corrected chi connectivity index (χ3v) is 7.94. The van der Waals surface area contributed by atoms with E-state index in [1.165, 1.54) is 16.7 Å². The topological polar surface area (TPSA) is 141 Å². The molecule has 4 unspecified atom stereocenters. The molecule has 3 heterocycles. The number of aliphatic carboxylic acids is 1. The first-order chi connectivity index (χ1) is 15.2. The van der Waals surface area contributed by atoms with E-state index in [-0.39, 0.29) is 12.3 Å². The number of rotatable bonds is 6. The molecule has 3 amide bonds. The normalized spacial score (nSPS) is 29.7. The van der Waals surface area contributed by atoms with Crippen molar-refractivity contribution in [1.29, 1.82) is 0 Å². The molecule has 4 atom stereocenters. The van der Waals surface area contributed by atoms with Crippen LogP contribution in [0, 0.1) is 0 Å². The van der Waals surface area contributed by atoms with Gasteiger partial charge in [0, 0.05) is 11.2 Å². The van der Waals surface area contributed by atoms with Gasteiger partial charge in [-0.2, -0.15) is 5.10 Å². The third kappa shape index (κ3) is 4.24. The number of carbonyl (C=O) groups is 4. The monoisotopic (exact) mass is 475 g/mol. The molecule has 4 rings (SSSR count). The molecule has 0 saturated carbocycles. The zero-order valence-electron chi connectivity index (χ0n) is 17.2. The second-order valence-electron chi connectivity index (χ2n) is 8.00.